The van der Waals surface area contributed by atoms with Gasteiger partial charge in [0.2, 0.25) is 0 Å². The smallest absolute Gasteiger partial charge is 0.311 e. The van der Waals surface area contributed by atoms with Crippen molar-refractivity contribution >= 4 is 11.9 Å². The van der Waals surface area contributed by atoms with Gasteiger partial charge in [-0.25, -0.2) is 0 Å². The maximum Gasteiger partial charge on any atom is 0.311 e. The zero-order chi connectivity index (χ0) is 37.7. The number of hydrogen-bond donors (Lipinski definition) is 2. The van der Waals surface area contributed by atoms with Crippen LogP contribution >= 0.6 is 0 Å². The highest BCUT2D eigenvalue weighted by molar-refractivity contribution is 5.73. The number of aliphatic hydroxyl groups is 2. The molecule has 0 aromatic heterocycles. The maximum atomic E-state index is 13.9. The fourth-order valence-corrected chi connectivity index (χ4v) is 8.34. The topological polar surface area (TPSA) is 136 Å². The van der Waals surface area contributed by atoms with Crippen molar-refractivity contribution in [3.8, 4) is 0 Å². The van der Waals surface area contributed by atoms with Gasteiger partial charge in [0.25, 0.3) is 0 Å². The zero-order valence-electron chi connectivity index (χ0n) is 32.4. The first-order valence-electron chi connectivity index (χ1n) is 18.3. The molecular formula is C38H66N2O10. The van der Waals surface area contributed by atoms with E-state index in [0.29, 0.717) is 32.5 Å². The van der Waals surface area contributed by atoms with Crippen molar-refractivity contribution in [1.82, 2.24) is 9.80 Å². The van der Waals surface area contributed by atoms with Crippen LogP contribution in [0, 0.1) is 17.8 Å². The number of likely N-dealkylation sites (N-methyl/N-ethyl adjacent to an activating group) is 1. The van der Waals surface area contributed by atoms with Crippen LogP contribution in [0.3, 0.4) is 0 Å². The van der Waals surface area contributed by atoms with Crippen LogP contribution in [-0.2, 0) is 38.0 Å². The Morgan fingerprint density at radius 3 is 2.42 bits per heavy atom. The molecule has 3 aliphatic rings. The highest BCUT2D eigenvalue weighted by atomic mass is 16.7. The Balaban J connectivity index is 2.13. The summed E-state index contributed by atoms with van der Waals surface area (Å²) >= 11 is 0. The van der Waals surface area contributed by atoms with Crippen LogP contribution in [-0.4, -0.2) is 139 Å². The fraction of sp³-hybridized carbons (Fsp3) is 0.842. The number of cyclic esters (lactones) is 1. The predicted molar refractivity (Wildman–Crippen MR) is 190 cm³/mol. The number of carbonyl (C=O) groups is 2. The first-order valence-corrected chi connectivity index (χ1v) is 18.3. The second-order valence-corrected chi connectivity index (χ2v) is 15.8. The number of nitrogens with zero attached hydrogens (tertiary/aromatic N) is 2. The summed E-state index contributed by atoms with van der Waals surface area (Å²) in [4.78, 5) is 30.5. The van der Waals surface area contributed by atoms with Gasteiger partial charge in [-0.2, -0.15) is 0 Å². The third kappa shape index (κ3) is 9.95. The van der Waals surface area contributed by atoms with Crippen molar-refractivity contribution < 1.29 is 48.2 Å². The van der Waals surface area contributed by atoms with E-state index in [1.807, 2.05) is 39.8 Å². The molecule has 288 valence electrons. The van der Waals surface area contributed by atoms with Gasteiger partial charge >= 0.3 is 11.9 Å². The van der Waals surface area contributed by atoms with E-state index in [1.165, 1.54) is 6.92 Å². The molecule has 0 spiro atoms. The van der Waals surface area contributed by atoms with E-state index in [0.717, 1.165) is 5.57 Å². The number of aliphatic hydroxyl groups excluding tert-OH is 1. The van der Waals surface area contributed by atoms with Crippen LogP contribution in [0.4, 0.5) is 0 Å². The fourth-order valence-electron chi connectivity index (χ4n) is 8.34. The van der Waals surface area contributed by atoms with E-state index in [-0.39, 0.29) is 37.1 Å². The average molecular weight is 711 g/mol. The second-order valence-electron chi connectivity index (χ2n) is 15.8. The Hall–Kier alpha value is -1.90. The summed E-state index contributed by atoms with van der Waals surface area (Å²) in [5.41, 5.74) is -1.68. The van der Waals surface area contributed by atoms with E-state index in [2.05, 4.69) is 31.9 Å². The lowest BCUT2D eigenvalue weighted by Crippen LogP contribution is -2.61. The zero-order valence-corrected chi connectivity index (χ0v) is 32.4. The molecule has 12 heteroatoms. The monoisotopic (exact) mass is 710 g/mol. The van der Waals surface area contributed by atoms with Crippen molar-refractivity contribution in [2.75, 3.05) is 40.4 Å². The Labute approximate surface area is 300 Å². The van der Waals surface area contributed by atoms with Crippen molar-refractivity contribution in [2.24, 2.45) is 17.8 Å². The predicted octanol–water partition coefficient (Wildman–Crippen LogP) is 3.72. The van der Waals surface area contributed by atoms with Crippen molar-refractivity contribution in [1.29, 1.82) is 0 Å². The maximum absolute atomic E-state index is 13.9. The first kappa shape index (κ1) is 42.5. The molecule has 15 atom stereocenters. The van der Waals surface area contributed by atoms with Crippen LogP contribution in [0.5, 0.6) is 0 Å². The highest BCUT2D eigenvalue weighted by Crippen LogP contribution is 2.39. The van der Waals surface area contributed by atoms with Crippen LogP contribution < -0.4 is 0 Å². The summed E-state index contributed by atoms with van der Waals surface area (Å²) < 4.78 is 38.0. The quantitative estimate of drug-likeness (QED) is 0.281. The van der Waals surface area contributed by atoms with Gasteiger partial charge in [-0.05, 0) is 79.5 Å². The number of fused-ring (bicyclic) bond motifs is 2. The highest BCUT2D eigenvalue weighted by Gasteiger charge is 2.52. The number of hydrogen-bond acceptors (Lipinski definition) is 12. The van der Waals surface area contributed by atoms with E-state index < -0.39 is 71.8 Å². The standard InChI is InChI=1S/C38H66N2O10/c1-14-16-46-38(11)30(15-2)49-35(43)26(7)31(42)25(6)33(50-36-32(48-28(9)41)29(39(12)13)17-24(5)47-36)37(10,44)18-22(3)19-40-20-23(4)21-45-34(38)27(40)8/h14,22,24-27,29-34,36,42,44H,1,4,15-21H2,2-3,5-13H3/t22-,24-,25+,26-,27-,29+,30-,31-,32-,33-,34+,36+,37-,38-/m1/s1. The van der Waals surface area contributed by atoms with Gasteiger partial charge in [-0.3, -0.25) is 14.5 Å². The molecule has 0 aliphatic carbocycles. The van der Waals surface area contributed by atoms with Crippen LogP contribution in [0.25, 0.3) is 0 Å². The summed E-state index contributed by atoms with van der Waals surface area (Å²) in [7, 11) is 3.81. The Kier molecular flexibility index (Phi) is 15.1. The van der Waals surface area contributed by atoms with Gasteiger partial charge in [0.1, 0.15) is 17.8 Å². The third-order valence-electron chi connectivity index (χ3n) is 10.9. The largest absolute Gasteiger partial charge is 0.459 e. The molecule has 0 radical (unpaired) electrons. The average Bonchev–Trinajstić information content (AvgIpc) is 3.16. The summed E-state index contributed by atoms with van der Waals surface area (Å²) in [6, 6.07) is -0.405. The molecule has 1 unspecified atom stereocenters. The Morgan fingerprint density at radius 2 is 1.84 bits per heavy atom. The van der Waals surface area contributed by atoms with E-state index in [4.69, 9.17) is 28.4 Å². The molecule has 12 nitrogen and oxygen atoms in total. The van der Waals surface area contributed by atoms with Gasteiger partial charge in [0.15, 0.2) is 12.4 Å². The SMILES string of the molecule is C=CCO[C@]1(C)[C@@H](CC)OC(=O)[C@H](C)[C@H](O)[C@H](C)[C@@H](O[C@@H]2O[C@H](C)C[C@H](N(C)C)[C@H]2OC(C)=O)[C@](C)(O)C[C@@H](C)CN2CC(=C)CO[C@H]1[C@H]2C. The number of ether oxygens (including phenoxy) is 6. The van der Waals surface area contributed by atoms with Gasteiger partial charge in [0, 0.05) is 32.0 Å². The molecule has 0 amide bonds. The molecule has 3 aliphatic heterocycles. The summed E-state index contributed by atoms with van der Waals surface area (Å²) in [6.45, 7) is 26.1. The molecule has 2 N–H and O–H groups in total. The number of rotatable bonds is 8. The second kappa shape index (κ2) is 17.7. The summed E-state index contributed by atoms with van der Waals surface area (Å²) in [5.74, 6) is -2.94. The molecule has 0 aromatic rings. The Morgan fingerprint density at radius 1 is 1.18 bits per heavy atom. The van der Waals surface area contributed by atoms with Crippen LogP contribution in [0.1, 0.15) is 81.6 Å². The number of carbonyl (C=O) groups excluding carboxylic acids is 2. The van der Waals surface area contributed by atoms with Crippen LogP contribution in [0.15, 0.2) is 24.8 Å². The molecule has 2 bridgehead atoms. The Bertz CT molecular complexity index is 1160. The molecule has 3 rings (SSSR count). The van der Waals surface area contributed by atoms with E-state index in [1.54, 1.807) is 26.8 Å². The summed E-state index contributed by atoms with van der Waals surface area (Å²) in [6.07, 6.45) is -2.64. The number of esters is 2. The van der Waals surface area contributed by atoms with Crippen molar-refractivity contribution in [3.05, 3.63) is 24.8 Å². The molecule has 50 heavy (non-hydrogen) atoms. The lowest BCUT2D eigenvalue weighted by molar-refractivity contribution is -0.301. The van der Waals surface area contributed by atoms with E-state index >= 15 is 0 Å². The third-order valence-corrected chi connectivity index (χ3v) is 10.9. The molecular weight excluding hydrogens is 644 g/mol. The minimum Gasteiger partial charge on any atom is -0.459 e. The molecule has 0 saturated carbocycles. The van der Waals surface area contributed by atoms with E-state index in [9.17, 15) is 19.8 Å². The molecule has 3 heterocycles. The lowest BCUT2D eigenvalue weighted by atomic mass is 9.78. The van der Waals surface area contributed by atoms with Gasteiger partial charge in [-0.1, -0.05) is 33.4 Å². The molecule has 3 fully saturated rings. The normalized spacial score (nSPS) is 44.0. The van der Waals surface area contributed by atoms with Crippen LogP contribution in [0.2, 0.25) is 0 Å². The minimum absolute atomic E-state index is 0.0674. The van der Waals surface area contributed by atoms with Gasteiger partial charge in [0.05, 0.1) is 49.1 Å². The summed E-state index contributed by atoms with van der Waals surface area (Å²) in [5, 5.41) is 24.3. The molecule has 0 aromatic carbocycles. The van der Waals surface area contributed by atoms with Crippen molar-refractivity contribution in [3.63, 3.8) is 0 Å². The van der Waals surface area contributed by atoms with Crippen molar-refractivity contribution in [2.45, 2.75) is 148 Å². The minimum atomic E-state index is -1.52. The molecule has 3 saturated heterocycles. The first-order chi connectivity index (χ1) is 23.3. The van der Waals surface area contributed by atoms with Gasteiger partial charge < -0.3 is 43.5 Å². The lowest BCUT2D eigenvalue weighted by Gasteiger charge is -2.47. The van der Waals surface area contributed by atoms with Gasteiger partial charge in [-0.15, -0.1) is 6.58 Å².